The molecule has 0 saturated carbocycles. The van der Waals surface area contributed by atoms with Gasteiger partial charge in [0, 0.05) is 23.3 Å². The van der Waals surface area contributed by atoms with Gasteiger partial charge in [-0.3, -0.25) is 9.59 Å². The van der Waals surface area contributed by atoms with Gasteiger partial charge in [0.15, 0.2) is 6.61 Å². The fourth-order valence-corrected chi connectivity index (χ4v) is 2.81. The average molecular weight is 352 g/mol. The molecule has 2 amide bonds. The summed E-state index contributed by atoms with van der Waals surface area (Å²) in [6.07, 6.45) is 5.44. The van der Waals surface area contributed by atoms with Gasteiger partial charge in [0.2, 0.25) is 0 Å². The van der Waals surface area contributed by atoms with Gasteiger partial charge in [-0.1, -0.05) is 17.7 Å². The highest BCUT2D eigenvalue weighted by Gasteiger charge is 2.27. The van der Waals surface area contributed by atoms with E-state index in [-0.39, 0.29) is 18.4 Å². The standard InChI is InChI=1S/C20H20N2O4/c1-12-13(2)20(24)22-18-9-14(7-8-17(12)18)21-19(23)11-26-16-6-4-5-15(10-16)25-3/h4-10,17H,11H2,1-3H3,(H,22,24). The van der Waals surface area contributed by atoms with Gasteiger partial charge in [-0.15, -0.1) is 0 Å². The molecule has 0 radical (unpaired) electrons. The number of aliphatic imine (C=N–C) groups is 1. The Morgan fingerprint density at radius 1 is 1.27 bits per heavy atom. The number of carbonyl (C=O) groups is 2. The van der Waals surface area contributed by atoms with Crippen LogP contribution >= 0.6 is 0 Å². The van der Waals surface area contributed by atoms with Gasteiger partial charge in [0.1, 0.15) is 11.5 Å². The largest absolute Gasteiger partial charge is 0.497 e. The maximum Gasteiger partial charge on any atom is 0.284 e. The molecule has 6 nitrogen and oxygen atoms in total. The van der Waals surface area contributed by atoms with E-state index in [9.17, 15) is 9.59 Å². The SMILES string of the molecule is COc1cccc(OCC(=O)N=C2C=CC3C(=C2)NC(=O)C(C)=C3C)c1. The molecule has 0 fully saturated rings. The second-order valence-electron chi connectivity index (χ2n) is 6.10. The molecule has 0 saturated heterocycles. The topological polar surface area (TPSA) is 77.0 Å². The molecule has 1 N–H and O–H groups in total. The van der Waals surface area contributed by atoms with Crippen LogP contribution in [0.1, 0.15) is 13.8 Å². The molecule has 0 spiro atoms. The Bertz CT molecular complexity index is 878. The van der Waals surface area contributed by atoms with E-state index in [0.717, 1.165) is 16.8 Å². The molecule has 1 atom stereocenters. The summed E-state index contributed by atoms with van der Waals surface area (Å²) < 4.78 is 10.6. The molecule has 1 aliphatic carbocycles. The van der Waals surface area contributed by atoms with E-state index >= 15 is 0 Å². The number of nitrogens with one attached hydrogen (secondary N) is 1. The third kappa shape index (κ3) is 3.74. The van der Waals surface area contributed by atoms with E-state index in [4.69, 9.17) is 9.47 Å². The lowest BCUT2D eigenvalue weighted by molar-refractivity contribution is -0.119. The minimum atomic E-state index is -0.409. The molecule has 0 bridgehead atoms. The Labute approximate surface area is 151 Å². The minimum absolute atomic E-state index is 0.0229. The lowest BCUT2D eigenvalue weighted by Gasteiger charge is -2.28. The van der Waals surface area contributed by atoms with Crippen LogP contribution in [0.3, 0.4) is 0 Å². The summed E-state index contributed by atoms with van der Waals surface area (Å²) in [4.78, 5) is 28.0. The molecule has 134 valence electrons. The molecule has 0 aromatic heterocycles. The highest BCUT2D eigenvalue weighted by molar-refractivity contribution is 6.11. The third-order valence-electron chi connectivity index (χ3n) is 4.41. The fraction of sp³-hybridized carbons (Fsp3) is 0.250. The van der Waals surface area contributed by atoms with Crippen molar-refractivity contribution < 1.29 is 19.1 Å². The second kappa shape index (κ2) is 7.39. The number of carbonyl (C=O) groups excluding carboxylic acids is 2. The van der Waals surface area contributed by atoms with E-state index in [1.807, 2.05) is 13.0 Å². The van der Waals surface area contributed by atoms with Crippen molar-refractivity contribution in [3.63, 3.8) is 0 Å². The van der Waals surface area contributed by atoms with E-state index in [1.54, 1.807) is 50.5 Å². The van der Waals surface area contributed by atoms with E-state index in [0.29, 0.717) is 17.2 Å². The van der Waals surface area contributed by atoms with Crippen LogP contribution < -0.4 is 14.8 Å². The summed E-state index contributed by atoms with van der Waals surface area (Å²) in [5.41, 5.74) is 2.95. The molecule has 26 heavy (non-hydrogen) atoms. The van der Waals surface area contributed by atoms with Crippen molar-refractivity contribution in [1.29, 1.82) is 0 Å². The molecule has 1 aliphatic heterocycles. The Kier molecular flexibility index (Phi) is 5.02. The molecule has 1 aromatic carbocycles. The van der Waals surface area contributed by atoms with Crippen molar-refractivity contribution in [2.75, 3.05) is 13.7 Å². The second-order valence-corrected chi connectivity index (χ2v) is 6.10. The number of amides is 2. The highest BCUT2D eigenvalue weighted by atomic mass is 16.5. The Morgan fingerprint density at radius 2 is 2.04 bits per heavy atom. The highest BCUT2D eigenvalue weighted by Crippen LogP contribution is 2.29. The van der Waals surface area contributed by atoms with Gasteiger partial charge in [0.05, 0.1) is 12.8 Å². The summed E-state index contributed by atoms with van der Waals surface area (Å²) >= 11 is 0. The van der Waals surface area contributed by atoms with Crippen LogP contribution in [-0.4, -0.2) is 31.2 Å². The normalized spacial score (nSPS) is 20.4. The zero-order chi connectivity index (χ0) is 18.7. The first-order chi connectivity index (χ1) is 12.5. The van der Waals surface area contributed by atoms with E-state index < -0.39 is 5.91 Å². The molecule has 2 aliphatic rings. The Hall–Kier alpha value is -3.15. The first-order valence-corrected chi connectivity index (χ1v) is 8.25. The van der Waals surface area contributed by atoms with Gasteiger partial charge in [-0.25, -0.2) is 4.99 Å². The number of rotatable bonds is 4. The van der Waals surface area contributed by atoms with Crippen molar-refractivity contribution in [3.8, 4) is 11.5 Å². The van der Waals surface area contributed by atoms with Gasteiger partial charge < -0.3 is 14.8 Å². The number of hydrogen-bond donors (Lipinski definition) is 1. The minimum Gasteiger partial charge on any atom is -0.497 e. The first-order valence-electron chi connectivity index (χ1n) is 8.25. The van der Waals surface area contributed by atoms with Gasteiger partial charge >= 0.3 is 0 Å². The van der Waals surface area contributed by atoms with Crippen LogP contribution in [0.2, 0.25) is 0 Å². The molecule has 1 unspecified atom stereocenters. The molecule has 1 heterocycles. The summed E-state index contributed by atoms with van der Waals surface area (Å²) in [7, 11) is 1.56. The van der Waals surface area contributed by atoms with Gasteiger partial charge in [-0.2, -0.15) is 0 Å². The van der Waals surface area contributed by atoms with Crippen molar-refractivity contribution in [2.24, 2.45) is 10.9 Å². The quantitative estimate of drug-likeness (QED) is 0.903. The Morgan fingerprint density at radius 3 is 2.81 bits per heavy atom. The van der Waals surface area contributed by atoms with Crippen LogP contribution in [0, 0.1) is 5.92 Å². The van der Waals surface area contributed by atoms with Crippen molar-refractivity contribution >= 4 is 17.5 Å². The molecule has 1 aromatic rings. The molecular weight excluding hydrogens is 332 g/mol. The number of benzene rings is 1. The average Bonchev–Trinajstić information content (AvgIpc) is 2.64. The van der Waals surface area contributed by atoms with Crippen molar-refractivity contribution in [2.45, 2.75) is 13.8 Å². The predicted molar refractivity (Wildman–Crippen MR) is 98.2 cm³/mol. The summed E-state index contributed by atoms with van der Waals surface area (Å²) in [6.45, 7) is 3.56. The summed E-state index contributed by atoms with van der Waals surface area (Å²) in [5.74, 6) is 0.681. The van der Waals surface area contributed by atoms with E-state index in [1.165, 1.54) is 0 Å². The lowest BCUT2D eigenvalue weighted by Crippen LogP contribution is -2.35. The zero-order valence-corrected chi connectivity index (χ0v) is 14.9. The molecular formula is C20H20N2O4. The van der Waals surface area contributed by atoms with E-state index in [2.05, 4.69) is 10.3 Å². The lowest BCUT2D eigenvalue weighted by atomic mass is 9.85. The van der Waals surface area contributed by atoms with Gasteiger partial charge in [0.25, 0.3) is 11.8 Å². The van der Waals surface area contributed by atoms with Crippen molar-refractivity contribution in [1.82, 2.24) is 5.32 Å². The first kappa shape index (κ1) is 17.7. The number of nitrogens with zero attached hydrogens (tertiary/aromatic N) is 1. The monoisotopic (exact) mass is 352 g/mol. The smallest absolute Gasteiger partial charge is 0.284 e. The summed E-state index contributed by atoms with van der Waals surface area (Å²) in [6, 6.07) is 7.01. The van der Waals surface area contributed by atoms with Gasteiger partial charge in [-0.05, 0) is 38.1 Å². The maximum absolute atomic E-state index is 12.1. The van der Waals surface area contributed by atoms with Crippen LogP contribution in [-0.2, 0) is 9.59 Å². The number of allylic oxidation sites excluding steroid dienone is 3. The van der Waals surface area contributed by atoms with Crippen LogP contribution in [0.25, 0.3) is 0 Å². The van der Waals surface area contributed by atoms with Crippen LogP contribution in [0.5, 0.6) is 11.5 Å². The van der Waals surface area contributed by atoms with Crippen molar-refractivity contribution in [3.05, 3.63) is 59.3 Å². The molecule has 6 heteroatoms. The number of fused-ring (bicyclic) bond motifs is 1. The maximum atomic E-state index is 12.1. The number of methoxy groups -OCH3 is 1. The number of hydrogen-bond acceptors (Lipinski definition) is 4. The summed E-state index contributed by atoms with van der Waals surface area (Å²) in [5, 5.41) is 2.85. The zero-order valence-electron chi connectivity index (χ0n) is 14.9. The molecule has 3 rings (SSSR count). The predicted octanol–water partition coefficient (Wildman–Crippen LogP) is 2.58. The number of ether oxygens (including phenoxy) is 2. The Balaban J connectivity index is 1.67. The van der Waals surface area contributed by atoms with Crippen LogP contribution in [0.15, 0.2) is 64.3 Å². The fourth-order valence-electron chi connectivity index (χ4n) is 2.81. The third-order valence-corrected chi connectivity index (χ3v) is 4.41. The van der Waals surface area contributed by atoms with Crippen LogP contribution in [0.4, 0.5) is 0 Å².